The Morgan fingerprint density at radius 1 is 1.00 bits per heavy atom. The van der Waals surface area contributed by atoms with Crippen LogP contribution in [0.15, 0.2) is 33.9 Å². The summed E-state index contributed by atoms with van der Waals surface area (Å²) in [5.41, 5.74) is -1.46. The summed E-state index contributed by atoms with van der Waals surface area (Å²) < 4.78 is 7.53. The van der Waals surface area contributed by atoms with Crippen molar-refractivity contribution in [3.8, 4) is 5.75 Å². The highest BCUT2D eigenvalue weighted by Gasteiger charge is 2.23. The van der Waals surface area contributed by atoms with Gasteiger partial charge >= 0.3 is 16.9 Å². The fourth-order valence-electron chi connectivity index (χ4n) is 2.95. The number of nitro groups is 1. The van der Waals surface area contributed by atoms with Gasteiger partial charge in [0.15, 0.2) is 0 Å². The SMILES string of the molecule is CCCCCCCOc1ccc(/C=C/c2c([N+](=O)[O-])c(=O)n(C)c(=O)n2C)cc1. The Balaban J connectivity index is 2.12. The van der Waals surface area contributed by atoms with Gasteiger partial charge in [-0.3, -0.25) is 24.0 Å². The summed E-state index contributed by atoms with van der Waals surface area (Å²) in [6.45, 7) is 2.85. The van der Waals surface area contributed by atoms with E-state index in [1.807, 2.05) is 24.3 Å². The van der Waals surface area contributed by atoms with Gasteiger partial charge in [0.2, 0.25) is 0 Å². The monoisotopic (exact) mass is 401 g/mol. The third kappa shape index (κ3) is 5.66. The molecule has 1 heterocycles. The van der Waals surface area contributed by atoms with E-state index in [2.05, 4.69) is 6.92 Å². The van der Waals surface area contributed by atoms with Crippen molar-refractivity contribution < 1.29 is 9.66 Å². The predicted molar refractivity (Wildman–Crippen MR) is 113 cm³/mol. The molecule has 0 saturated heterocycles. The zero-order valence-corrected chi connectivity index (χ0v) is 17.1. The van der Waals surface area contributed by atoms with Crippen LogP contribution in [0.5, 0.6) is 5.75 Å². The van der Waals surface area contributed by atoms with Crippen molar-refractivity contribution in [2.24, 2.45) is 14.1 Å². The molecule has 0 bridgehead atoms. The highest BCUT2D eigenvalue weighted by Crippen LogP contribution is 2.17. The molecule has 0 aliphatic carbocycles. The van der Waals surface area contributed by atoms with Gasteiger partial charge in [-0.25, -0.2) is 4.79 Å². The van der Waals surface area contributed by atoms with Gasteiger partial charge in [-0.2, -0.15) is 0 Å². The molecule has 0 spiro atoms. The smallest absolute Gasteiger partial charge is 0.357 e. The lowest BCUT2D eigenvalue weighted by molar-refractivity contribution is -0.387. The lowest BCUT2D eigenvalue weighted by Gasteiger charge is -2.07. The molecule has 8 heteroatoms. The van der Waals surface area contributed by atoms with Crippen LogP contribution in [0.1, 0.15) is 50.3 Å². The van der Waals surface area contributed by atoms with Crippen LogP contribution in [-0.2, 0) is 14.1 Å². The van der Waals surface area contributed by atoms with Gasteiger partial charge in [-0.15, -0.1) is 0 Å². The summed E-state index contributed by atoms with van der Waals surface area (Å²) in [6.07, 6.45) is 8.88. The van der Waals surface area contributed by atoms with Crippen molar-refractivity contribution in [2.75, 3.05) is 6.61 Å². The second-order valence-corrected chi connectivity index (χ2v) is 6.86. The van der Waals surface area contributed by atoms with Gasteiger partial charge < -0.3 is 4.74 Å². The minimum Gasteiger partial charge on any atom is -0.494 e. The van der Waals surface area contributed by atoms with Crippen LogP contribution in [0.4, 0.5) is 5.69 Å². The first-order valence-corrected chi connectivity index (χ1v) is 9.72. The summed E-state index contributed by atoms with van der Waals surface area (Å²) in [5, 5.41) is 11.3. The Labute approximate surface area is 169 Å². The minimum absolute atomic E-state index is 0.0458. The molecular formula is C21H27N3O5. The topological polar surface area (TPSA) is 96.4 Å². The molecule has 29 heavy (non-hydrogen) atoms. The predicted octanol–water partition coefficient (Wildman–Crippen LogP) is 3.51. The highest BCUT2D eigenvalue weighted by molar-refractivity contribution is 5.72. The number of rotatable bonds is 10. The van der Waals surface area contributed by atoms with Gasteiger partial charge in [0.05, 0.1) is 11.5 Å². The fourth-order valence-corrected chi connectivity index (χ4v) is 2.95. The third-order valence-corrected chi connectivity index (χ3v) is 4.70. The number of aromatic nitrogens is 2. The standard InChI is InChI=1S/C21H27N3O5/c1-4-5-6-7-8-15-29-17-12-9-16(10-13-17)11-14-18-19(24(27)28)20(25)23(3)21(26)22(18)2/h9-14H,4-8,15H2,1-3H3/b14-11+. The zero-order valence-electron chi connectivity index (χ0n) is 17.1. The molecule has 156 valence electrons. The summed E-state index contributed by atoms with van der Waals surface area (Å²) in [5.74, 6) is 0.754. The molecule has 0 N–H and O–H groups in total. The van der Waals surface area contributed by atoms with Crippen LogP contribution in [0.2, 0.25) is 0 Å². The maximum absolute atomic E-state index is 12.1. The summed E-state index contributed by atoms with van der Waals surface area (Å²) in [7, 11) is 2.61. The first-order chi connectivity index (χ1) is 13.9. The van der Waals surface area contributed by atoms with E-state index in [9.17, 15) is 19.7 Å². The number of hydrogen-bond acceptors (Lipinski definition) is 5. The van der Waals surface area contributed by atoms with Crippen molar-refractivity contribution in [3.05, 3.63) is 66.5 Å². The number of nitrogens with zero attached hydrogens (tertiary/aromatic N) is 3. The van der Waals surface area contributed by atoms with E-state index < -0.39 is 21.9 Å². The first-order valence-electron chi connectivity index (χ1n) is 9.72. The molecule has 0 saturated carbocycles. The molecule has 0 amide bonds. The van der Waals surface area contributed by atoms with Crippen LogP contribution in [0.3, 0.4) is 0 Å². The molecule has 0 unspecified atom stereocenters. The molecular weight excluding hydrogens is 374 g/mol. The Morgan fingerprint density at radius 3 is 2.28 bits per heavy atom. The van der Waals surface area contributed by atoms with E-state index in [0.717, 1.165) is 33.3 Å². The molecule has 0 aliphatic heterocycles. The lowest BCUT2D eigenvalue weighted by atomic mass is 10.1. The normalized spacial score (nSPS) is 11.1. The van der Waals surface area contributed by atoms with E-state index in [-0.39, 0.29) is 5.69 Å². The Bertz CT molecular complexity index is 987. The number of unbranched alkanes of at least 4 members (excludes halogenated alkanes) is 4. The zero-order chi connectivity index (χ0) is 21.4. The van der Waals surface area contributed by atoms with Gasteiger partial charge in [0, 0.05) is 14.1 Å². The first kappa shape index (κ1) is 22.1. The van der Waals surface area contributed by atoms with Crippen LogP contribution < -0.4 is 16.0 Å². The highest BCUT2D eigenvalue weighted by atomic mass is 16.6. The van der Waals surface area contributed by atoms with Gasteiger partial charge in [-0.1, -0.05) is 50.8 Å². The van der Waals surface area contributed by atoms with E-state index >= 15 is 0 Å². The minimum atomic E-state index is -0.930. The molecule has 1 aromatic carbocycles. The van der Waals surface area contributed by atoms with Crippen molar-refractivity contribution in [1.29, 1.82) is 0 Å². The molecule has 2 aromatic rings. The van der Waals surface area contributed by atoms with E-state index in [1.165, 1.54) is 39.4 Å². The summed E-state index contributed by atoms with van der Waals surface area (Å²) in [4.78, 5) is 34.7. The quantitative estimate of drug-likeness (QED) is 0.345. The molecule has 0 atom stereocenters. The molecule has 2 rings (SSSR count). The third-order valence-electron chi connectivity index (χ3n) is 4.70. The molecule has 1 aromatic heterocycles. The summed E-state index contributed by atoms with van der Waals surface area (Å²) in [6, 6.07) is 7.27. The van der Waals surface area contributed by atoms with Crippen molar-refractivity contribution >= 4 is 17.8 Å². The van der Waals surface area contributed by atoms with Crippen LogP contribution >= 0.6 is 0 Å². The van der Waals surface area contributed by atoms with Crippen molar-refractivity contribution in [1.82, 2.24) is 9.13 Å². The number of ether oxygens (including phenoxy) is 1. The summed E-state index contributed by atoms with van der Waals surface area (Å²) >= 11 is 0. The molecule has 0 fully saturated rings. The fraction of sp³-hybridized carbons (Fsp3) is 0.429. The largest absolute Gasteiger partial charge is 0.494 e. The van der Waals surface area contributed by atoms with E-state index in [4.69, 9.17) is 4.74 Å². The average Bonchev–Trinajstić information content (AvgIpc) is 2.71. The van der Waals surface area contributed by atoms with E-state index in [0.29, 0.717) is 6.61 Å². The molecule has 8 nitrogen and oxygen atoms in total. The maximum atomic E-state index is 12.1. The van der Waals surface area contributed by atoms with E-state index in [1.54, 1.807) is 6.08 Å². The molecule has 0 aliphatic rings. The second kappa shape index (κ2) is 10.4. The van der Waals surface area contributed by atoms with Gasteiger partial charge in [-0.05, 0) is 30.2 Å². The Morgan fingerprint density at radius 2 is 1.66 bits per heavy atom. The number of benzene rings is 1. The lowest BCUT2D eigenvalue weighted by Crippen LogP contribution is -2.39. The van der Waals surface area contributed by atoms with Crippen LogP contribution in [0, 0.1) is 10.1 Å². The van der Waals surface area contributed by atoms with Crippen LogP contribution in [0.25, 0.3) is 12.2 Å². The molecule has 0 radical (unpaired) electrons. The average molecular weight is 401 g/mol. The second-order valence-electron chi connectivity index (χ2n) is 6.86. The van der Waals surface area contributed by atoms with Crippen LogP contribution in [-0.4, -0.2) is 20.7 Å². The Kier molecular flexibility index (Phi) is 7.94. The van der Waals surface area contributed by atoms with Crippen molar-refractivity contribution in [2.45, 2.75) is 39.0 Å². The number of hydrogen-bond donors (Lipinski definition) is 0. The van der Waals surface area contributed by atoms with Gasteiger partial charge in [0.25, 0.3) is 0 Å². The Hall–Kier alpha value is -3.16. The maximum Gasteiger partial charge on any atom is 0.357 e. The van der Waals surface area contributed by atoms with Crippen molar-refractivity contribution in [3.63, 3.8) is 0 Å². The van der Waals surface area contributed by atoms with Gasteiger partial charge in [0.1, 0.15) is 11.4 Å².